The van der Waals surface area contributed by atoms with Gasteiger partial charge in [0.05, 0.1) is 25.4 Å². The molecule has 3 heterocycles. The quantitative estimate of drug-likeness (QED) is 0.0467. The van der Waals surface area contributed by atoms with Crippen LogP contribution in [0.1, 0.15) is 75.3 Å². The summed E-state index contributed by atoms with van der Waals surface area (Å²) in [6.45, 7) is 4.09. The number of phenols is 1. The summed E-state index contributed by atoms with van der Waals surface area (Å²) < 4.78 is 0. The van der Waals surface area contributed by atoms with Crippen LogP contribution in [0.3, 0.4) is 0 Å². The smallest absolute Gasteiger partial charge is 0.305 e. The minimum atomic E-state index is -1.83. The maximum Gasteiger partial charge on any atom is 0.305 e. The molecule has 17 N–H and O–H groups in total. The molecule has 84 heavy (non-hydrogen) atoms. The number of nitrogens with two attached hydrogens (primary N) is 1. The molecule has 1 fully saturated rings. The van der Waals surface area contributed by atoms with Gasteiger partial charge in [0.1, 0.15) is 54.1 Å². The SMILES string of the molecule is CC(C)C[C@@H]1NC(=O)[C@H]([C@@H](C)O)NC(=O)[C@H](Cc2ccccc2)NC(=O)CNC(=O)[C@H](Cc2c[nH]c3ccccc23)NC(=O)[C@H](Cc2cnc[nH]2)NC(=O)[C@H](Cc2ccc(O)cc2)NC(=O)[C@H](CCCCN)NNC(=O)[C@H](CC(=O)O)NC1=O. The van der Waals surface area contributed by atoms with Crippen LogP contribution in [0, 0.1) is 5.92 Å². The topological polar surface area (TPSA) is 422 Å². The number of aromatic nitrogens is 3. The van der Waals surface area contributed by atoms with Gasteiger partial charge in [-0.25, -0.2) is 10.4 Å². The highest BCUT2D eigenvalue weighted by molar-refractivity contribution is 5.99. The van der Waals surface area contributed by atoms with Crippen LogP contribution in [0.5, 0.6) is 5.75 Å². The van der Waals surface area contributed by atoms with Crippen LogP contribution in [0.4, 0.5) is 0 Å². The molecule has 0 unspecified atom stereocenters. The van der Waals surface area contributed by atoms with E-state index in [0.29, 0.717) is 46.1 Å². The van der Waals surface area contributed by atoms with E-state index in [0.717, 1.165) is 0 Å². The Hall–Kier alpha value is -9.21. The number of hydrogen-bond acceptors (Lipinski definition) is 15. The molecule has 5 aromatic rings. The average Bonchev–Trinajstić information content (AvgIpc) is 4.32. The van der Waals surface area contributed by atoms with Crippen molar-refractivity contribution in [1.82, 2.24) is 68.3 Å². The number of hydrogen-bond donors (Lipinski definition) is 16. The summed E-state index contributed by atoms with van der Waals surface area (Å²) >= 11 is 0. The number of phenolic OH excluding ortho intramolecular Hbond substituents is 1. The molecule has 0 aliphatic carbocycles. The number of benzene rings is 3. The first kappa shape index (κ1) is 64.0. The molecule has 6 rings (SSSR count). The number of aliphatic hydroxyl groups excluding tert-OH is 1. The third-order valence-corrected chi connectivity index (χ3v) is 13.8. The summed E-state index contributed by atoms with van der Waals surface area (Å²) in [6.07, 6.45) is 1.65. The molecule has 450 valence electrons. The molecule has 0 radical (unpaired) electrons. The number of hydrazine groups is 1. The zero-order chi connectivity index (χ0) is 60.9. The number of aromatic amines is 2. The number of carboxylic acid groups (broad SMARTS) is 1. The molecule has 2 aromatic heterocycles. The minimum absolute atomic E-state index is 0.0182. The highest BCUT2D eigenvalue weighted by Gasteiger charge is 2.37. The molecule has 3 aromatic carbocycles. The highest BCUT2D eigenvalue weighted by Crippen LogP contribution is 2.20. The van der Waals surface area contributed by atoms with Crippen LogP contribution >= 0.6 is 0 Å². The van der Waals surface area contributed by atoms with Crippen LogP contribution in [-0.4, -0.2) is 157 Å². The second-order valence-corrected chi connectivity index (χ2v) is 21.0. The van der Waals surface area contributed by atoms with Crippen molar-refractivity contribution in [2.24, 2.45) is 11.7 Å². The van der Waals surface area contributed by atoms with E-state index in [9.17, 15) is 63.3 Å². The Morgan fingerprint density at radius 1 is 0.607 bits per heavy atom. The normalized spacial score (nSPS) is 22.8. The summed E-state index contributed by atoms with van der Waals surface area (Å²) in [7, 11) is 0. The van der Waals surface area contributed by atoms with E-state index in [1.807, 2.05) is 6.07 Å². The van der Waals surface area contributed by atoms with Gasteiger partial charge in [0.2, 0.25) is 47.3 Å². The Morgan fingerprint density at radius 2 is 1.18 bits per heavy atom. The van der Waals surface area contributed by atoms with Crippen molar-refractivity contribution in [2.75, 3.05) is 13.1 Å². The van der Waals surface area contributed by atoms with E-state index in [2.05, 4.69) is 68.3 Å². The van der Waals surface area contributed by atoms with Gasteiger partial charge in [-0.3, -0.25) is 53.4 Å². The predicted molar refractivity (Wildman–Crippen MR) is 304 cm³/mol. The lowest BCUT2D eigenvalue weighted by atomic mass is 10.0. The fraction of sp³-hybridized carbons (Fsp3) is 0.421. The van der Waals surface area contributed by atoms with E-state index >= 15 is 0 Å². The summed E-state index contributed by atoms with van der Waals surface area (Å²) in [5.41, 5.74) is 13.4. The molecule has 1 aliphatic heterocycles. The highest BCUT2D eigenvalue weighted by atomic mass is 16.4. The fourth-order valence-electron chi connectivity index (χ4n) is 9.33. The largest absolute Gasteiger partial charge is 0.508 e. The van der Waals surface area contributed by atoms with Crippen molar-refractivity contribution in [3.8, 4) is 5.75 Å². The third-order valence-electron chi connectivity index (χ3n) is 13.8. The number of unbranched alkanes of at least 4 members (excludes halogenated alkanes) is 1. The number of carboxylic acids is 1. The first-order chi connectivity index (χ1) is 40.2. The summed E-state index contributed by atoms with van der Waals surface area (Å²) in [6, 6.07) is 9.09. The number of nitrogens with one attached hydrogen (secondary N) is 12. The Morgan fingerprint density at radius 3 is 1.81 bits per heavy atom. The fourth-order valence-corrected chi connectivity index (χ4v) is 9.33. The molecule has 9 atom stereocenters. The molecule has 9 amide bonds. The number of rotatable bonds is 17. The summed E-state index contributed by atoms with van der Waals surface area (Å²) in [5.74, 6) is -10.5. The first-order valence-corrected chi connectivity index (χ1v) is 27.6. The van der Waals surface area contributed by atoms with Gasteiger partial charge in [0.15, 0.2) is 0 Å². The van der Waals surface area contributed by atoms with Crippen molar-refractivity contribution >= 4 is 70.0 Å². The summed E-state index contributed by atoms with van der Waals surface area (Å²) in [5, 5.41) is 52.3. The van der Waals surface area contributed by atoms with Crippen LogP contribution in [-0.2, 0) is 73.6 Å². The average molecular weight is 1160 g/mol. The molecule has 27 nitrogen and oxygen atoms in total. The number of nitrogens with zero attached hydrogens (tertiary/aromatic N) is 1. The van der Waals surface area contributed by atoms with E-state index < -0.39 is 127 Å². The third kappa shape index (κ3) is 19.5. The molecule has 1 saturated heterocycles. The maximum atomic E-state index is 14.8. The van der Waals surface area contributed by atoms with Gasteiger partial charge in [0.25, 0.3) is 5.91 Å². The number of aliphatic carboxylic acids is 1. The standard InChI is InChI=1S/C57H74N14O13/c1-31(2)21-41-52(79)67-46(26-48(75)76)56(83)71-70-40(15-9-10-20-58)51(78)64-43(23-34-16-18-37(73)19-17-34)53(80)66-45(25-36-28-59-30-62-36)54(81)65-44(24-35-27-60-39-14-8-7-13-38(35)39)50(77)61-29-47(74)63-42(22-33-11-5-4-6-12-33)55(82)69-49(32(3)72)57(84)68-41/h4-8,11-14,16-19,27-28,30-32,40-46,49,60,70,72-73H,9-10,15,20-26,29,58H2,1-3H3,(H,59,62)(H,61,77)(H,63,74)(H,64,78)(H,65,81)(H,66,80)(H,67,79)(H,68,84)(H,69,82)(H,71,83)(H,75,76)/t32-,40+,41+,42+,43+,44+,45+,46+,49+/m1/s1. The number of carbonyl (C=O) groups excluding carboxylic acids is 9. The molecule has 1 aliphatic rings. The number of fused-ring (bicyclic) bond motifs is 1. The van der Waals surface area contributed by atoms with Crippen molar-refractivity contribution < 1.29 is 63.3 Å². The molecule has 0 bridgehead atoms. The monoisotopic (exact) mass is 1160 g/mol. The number of amides is 9. The number of para-hydroxylation sites is 1. The van der Waals surface area contributed by atoms with Crippen LogP contribution in [0.2, 0.25) is 0 Å². The van der Waals surface area contributed by atoms with E-state index in [-0.39, 0.29) is 56.7 Å². The van der Waals surface area contributed by atoms with Gasteiger partial charge < -0.3 is 73.6 Å². The second-order valence-electron chi connectivity index (χ2n) is 21.0. The molecule has 0 spiro atoms. The van der Waals surface area contributed by atoms with Gasteiger partial charge in [-0.1, -0.05) is 80.9 Å². The number of H-pyrrole nitrogens is 2. The molecular formula is C57H74N14O13. The lowest BCUT2D eigenvalue weighted by Crippen LogP contribution is -2.62. The maximum absolute atomic E-state index is 14.8. The lowest BCUT2D eigenvalue weighted by Gasteiger charge is -2.29. The second kappa shape index (κ2) is 31.3. The van der Waals surface area contributed by atoms with Crippen molar-refractivity contribution in [3.63, 3.8) is 0 Å². The van der Waals surface area contributed by atoms with E-state index in [1.54, 1.807) is 68.6 Å². The minimum Gasteiger partial charge on any atom is -0.508 e. The predicted octanol–water partition coefficient (Wildman–Crippen LogP) is -1.59. The van der Waals surface area contributed by atoms with E-state index in [4.69, 9.17) is 5.73 Å². The number of imidazole rings is 1. The Labute approximate surface area is 483 Å². The van der Waals surface area contributed by atoms with Gasteiger partial charge >= 0.3 is 5.97 Å². The zero-order valence-corrected chi connectivity index (χ0v) is 46.7. The van der Waals surface area contributed by atoms with Crippen molar-refractivity contribution in [2.45, 2.75) is 133 Å². The van der Waals surface area contributed by atoms with Crippen LogP contribution in [0.15, 0.2) is 97.6 Å². The Bertz CT molecular complexity index is 3060. The van der Waals surface area contributed by atoms with Crippen LogP contribution < -0.4 is 59.1 Å². The van der Waals surface area contributed by atoms with Gasteiger partial charge in [0, 0.05) is 54.7 Å². The zero-order valence-electron chi connectivity index (χ0n) is 46.7. The van der Waals surface area contributed by atoms with Gasteiger partial charge in [-0.2, -0.15) is 0 Å². The van der Waals surface area contributed by atoms with Crippen molar-refractivity contribution in [3.05, 3.63) is 120 Å². The van der Waals surface area contributed by atoms with Crippen molar-refractivity contribution in [1.29, 1.82) is 0 Å². The Kier molecular flexibility index (Phi) is 23.8. The molecule has 27 heteroatoms. The van der Waals surface area contributed by atoms with Crippen LogP contribution in [0.25, 0.3) is 10.9 Å². The number of aromatic hydroxyl groups is 1. The molecular weight excluding hydrogens is 1090 g/mol. The summed E-state index contributed by atoms with van der Waals surface area (Å²) in [4.78, 5) is 151. The number of aliphatic hydroxyl groups is 1. The van der Waals surface area contributed by atoms with E-state index in [1.165, 1.54) is 43.7 Å². The first-order valence-electron chi connectivity index (χ1n) is 27.6. The lowest BCUT2D eigenvalue weighted by molar-refractivity contribution is -0.142. The molecule has 0 saturated carbocycles. The van der Waals surface area contributed by atoms with Gasteiger partial charge in [-0.15, -0.1) is 0 Å². The van der Waals surface area contributed by atoms with Gasteiger partial charge in [-0.05, 0) is 73.5 Å². The Balaban J connectivity index is 1.41. The number of carbonyl (C=O) groups is 10.